The molecule has 0 amide bonds. The van der Waals surface area contributed by atoms with Gasteiger partial charge < -0.3 is 11.1 Å². The van der Waals surface area contributed by atoms with Gasteiger partial charge in [0, 0.05) is 12.7 Å². The number of rotatable bonds is 3. The molecule has 0 bridgehead atoms. The highest BCUT2D eigenvalue weighted by Gasteiger charge is 2.04. The maximum absolute atomic E-state index is 13.5. The molecule has 0 aliphatic heterocycles. The first-order valence-corrected chi connectivity index (χ1v) is 5.64. The SMILES string of the molecule is Cc1cc(CNc2ccnc(N)n2)cc(C)c1F. The van der Waals surface area contributed by atoms with Gasteiger partial charge in [0.05, 0.1) is 0 Å². The van der Waals surface area contributed by atoms with Gasteiger partial charge in [-0.15, -0.1) is 0 Å². The van der Waals surface area contributed by atoms with Crippen molar-refractivity contribution in [2.75, 3.05) is 11.1 Å². The second-order valence-electron chi connectivity index (χ2n) is 4.20. The Bertz CT molecular complexity index is 546. The van der Waals surface area contributed by atoms with Gasteiger partial charge >= 0.3 is 0 Å². The molecule has 2 rings (SSSR count). The number of aryl methyl sites for hydroxylation is 2. The molecule has 2 aromatic rings. The Labute approximate surface area is 105 Å². The Balaban J connectivity index is 2.11. The molecule has 1 aromatic carbocycles. The number of hydrogen-bond donors (Lipinski definition) is 2. The average Bonchev–Trinajstić information content (AvgIpc) is 2.33. The van der Waals surface area contributed by atoms with Crippen LogP contribution in [-0.4, -0.2) is 9.97 Å². The molecule has 0 saturated heterocycles. The Morgan fingerprint density at radius 1 is 1.28 bits per heavy atom. The van der Waals surface area contributed by atoms with Crippen LogP contribution in [0.2, 0.25) is 0 Å². The second-order valence-corrected chi connectivity index (χ2v) is 4.20. The Morgan fingerprint density at radius 2 is 1.94 bits per heavy atom. The minimum absolute atomic E-state index is 0.148. The van der Waals surface area contributed by atoms with Crippen molar-refractivity contribution in [1.29, 1.82) is 0 Å². The normalized spacial score (nSPS) is 10.4. The molecule has 0 radical (unpaired) electrons. The standard InChI is InChI=1S/C13H15FN4/c1-8-5-10(6-9(2)12(8)14)7-17-11-3-4-16-13(15)18-11/h3-6H,7H2,1-2H3,(H3,15,16,17,18). The third kappa shape index (κ3) is 2.74. The average molecular weight is 246 g/mol. The monoisotopic (exact) mass is 246 g/mol. The van der Waals surface area contributed by atoms with Gasteiger partial charge in [-0.05, 0) is 36.6 Å². The highest BCUT2D eigenvalue weighted by atomic mass is 19.1. The number of nitrogen functional groups attached to an aromatic ring is 1. The summed E-state index contributed by atoms with van der Waals surface area (Å²) in [6, 6.07) is 5.37. The number of benzene rings is 1. The zero-order valence-electron chi connectivity index (χ0n) is 10.4. The van der Waals surface area contributed by atoms with E-state index in [1.807, 2.05) is 12.1 Å². The molecular weight excluding hydrogens is 231 g/mol. The molecule has 5 heteroatoms. The van der Waals surface area contributed by atoms with Crippen LogP contribution in [0.5, 0.6) is 0 Å². The molecular formula is C13H15FN4. The van der Waals surface area contributed by atoms with Crippen molar-refractivity contribution >= 4 is 11.8 Å². The number of hydrogen-bond acceptors (Lipinski definition) is 4. The topological polar surface area (TPSA) is 63.8 Å². The maximum Gasteiger partial charge on any atom is 0.221 e. The molecule has 94 valence electrons. The van der Waals surface area contributed by atoms with Crippen molar-refractivity contribution in [2.45, 2.75) is 20.4 Å². The fraction of sp³-hybridized carbons (Fsp3) is 0.231. The first kappa shape index (κ1) is 12.3. The highest BCUT2D eigenvalue weighted by molar-refractivity contribution is 5.39. The number of nitrogens with one attached hydrogen (secondary N) is 1. The molecule has 0 aliphatic carbocycles. The number of aromatic nitrogens is 2. The van der Waals surface area contributed by atoms with Gasteiger partial charge in [-0.2, -0.15) is 4.98 Å². The van der Waals surface area contributed by atoms with Crippen LogP contribution in [0.25, 0.3) is 0 Å². The molecule has 18 heavy (non-hydrogen) atoms. The smallest absolute Gasteiger partial charge is 0.221 e. The first-order valence-electron chi connectivity index (χ1n) is 5.64. The van der Waals surface area contributed by atoms with Crippen molar-refractivity contribution < 1.29 is 4.39 Å². The van der Waals surface area contributed by atoms with Crippen molar-refractivity contribution in [1.82, 2.24) is 9.97 Å². The summed E-state index contributed by atoms with van der Waals surface area (Å²) in [5.41, 5.74) is 7.78. The van der Waals surface area contributed by atoms with Gasteiger partial charge in [-0.3, -0.25) is 0 Å². The second kappa shape index (κ2) is 5.00. The van der Waals surface area contributed by atoms with Crippen LogP contribution in [0, 0.1) is 19.7 Å². The van der Waals surface area contributed by atoms with Crippen LogP contribution in [-0.2, 0) is 6.54 Å². The third-order valence-electron chi connectivity index (χ3n) is 2.64. The number of nitrogens with two attached hydrogens (primary N) is 1. The van der Waals surface area contributed by atoms with Gasteiger partial charge in [0.15, 0.2) is 0 Å². The summed E-state index contributed by atoms with van der Waals surface area (Å²) in [5, 5.41) is 3.12. The van der Waals surface area contributed by atoms with E-state index in [4.69, 9.17) is 5.73 Å². The molecule has 0 atom stereocenters. The minimum atomic E-state index is -0.148. The lowest BCUT2D eigenvalue weighted by molar-refractivity contribution is 0.608. The van der Waals surface area contributed by atoms with E-state index in [0.29, 0.717) is 23.5 Å². The van der Waals surface area contributed by atoms with Crippen LogP contribution < -0.4 is 11.1 Å². The van der Waals surface area contributed by atoms with Gasteiger partial charge in [-0.25, -0.2) is 9.37 Å². The third-order valence-corrected chi connectivity index (χ3v) is 2.64. The van der Waals surface area contributed by atoms with E-state index in [0.717, 1.165) is 5.56 Å². The fourth-order valence-corrected chi connectivity index (χ4v) is 1.80. The quantitative estimate of drug-likeness (QED) is 0.873. The van der Waals surface area contributed by atoms with Gasteiger partial charge in [0.1, 0.15) is 11.6 Å². The van der Waals surface area contributed by atoms with E-state index in [9.17, 15) is 4.39 Å². The number of halogens is 1. The Hall–Kier alpha value is -2.17. The zero-order chi connectivity index (χ0) is 13.1. The zero-order valence-corrected chi connectivity index (χ0v) is 10.4. The van der Waals surface area contributed by atoms with E-state index < -0.39 is 0 Å². The molecule has 4 nitrogen and oxygen atoms in total. The van der Waals surface area contributed by atoms with Gasteiger partial charge in [-0.1, -0.05) is 12.1 Å². The predicted octanol–water partition coefficient (Wildman–Crippen LogP) is 2.43. The van der Waals surface area contributed by atoms with Crippen LogP contribution in [0.4, 0.5) is 16.2 Å². The number of anilines is 2. The van der Waals surface area contributed by atoms with E-state index in [-0.39, 0.29) is 11.8 Å². The Kier molecular flexibility index (Phi) is 3.41. The molecule has 0 fully saturated rings. The van der Waals surface area contributed by atoms with Crippen LogP contribution in [0.1, 0.15) is 16.7 Å². The summed E-state index contributed by atoms with van der Waals surface area (Å²) in [7, 11) is 0. The predicted molar refractivity (Wildman–Crippen MR) is 69.6 cm³/mol. The molecule has 0 unspecified atom stereocenters. The lowest BCUT2D eigenvalue weighted by Crippen LogP contribution is -2.05. The lowest BCUT2D eigenvalue weighted by atomic mass is 10.1. The summed E-state index contributed by atoms with van der Waals surface area (Å²) in [4.78, 5) is 7.84. The Morgan fingerprint density at radius 3 is 2.56 bits per heavy atom. The van der Waals surface area contributed by atoms with Crippen molar-refractivity contribution in [2.24, 2.45) is 0 Å². The lowest BCUT2D eigenvalue weighted by Gasteiger charge is -2.09. The maximum atomic E-state index is 13.5. The van der Waals surface area contributed by atoms with E-state index in [2.05, 4.69) is 15.3 Å². The molecule has 0 aliphatic rings. The minimum Gasteiger partial charge on any atom is -0.368 e. The van der Waals surface area contributed by atoms with Gasteiger partial charge in [0.25, 0.3) is 0 Å². The van der Waals surface area contributed by atoms with Crippen molar-refractivity contribution in [3.63, 3.8) is 0 Å². The van der Waals surface area contributed by atoms with E-state index >= 15 is 0 Å². The van der Waals surface area contributed by atoms with Crippen LogP contribution in [0.15, 0.2) is 24.4 Å². The van der Waals surface area contributed by atoms with E-state index in [1.54, 1.807) is 26.1 Å². The molecule has 1 aromatic heterocycles. The van der Waals surface area contributed by atoms with Crippen molar-refractivity contribution in [3.8, 4) is 0 Å². The van der Waals surface area contributed by atoms with Crippen LogP contribution >= 0.6 is 0 Å². The van der Waals surface area contributed by atoms with Crippen molar-refractivity contribution in [3.05, 3.63) is 46.9 Å². The number of nitrogens with zero attached hydrogens (tertiary/aromatic N) is 2. The highest BCUT2D eigenvalue weighted by Crippen LogP contribution is 2.15. The largest absolute Gasteiger partial charge is 0.368 e. The molecule has 3 N–H and O–H groups in total. The summed E-state index contributed by atoms with van der Waals surface area (Å²) in [6.45, 7) is 4.08. The summed E-state index contributed by atoms with van der Waals surface area (Å²) in [5.74, 6) is 0.735. The van der Waals surface area contributed by atoms with E-state index in [1.165, 1.54) is 0 Å². The fourth-order valence-electron chi connectivity index (χ4n) is 1.80. The van der Waals surface area contributed by atoms with Gasteiger partial charge in [0.2, 0.25) is 5.95 Å². The molecule has 0 spiro atoms. The molecule has 1 heterocycles. The summed E-state index contributed by atoms with van der Waals surface area (Å²) in [6.07, 6.45) is 1.59. The molecule has 0 saturated carbocycles. The summed E-state index contributed by atoms with van der Waals surface area (Å²) >= 11 is 0. The van der Waals surface area contributed by atoms with Crippen LogP contribution in [0.3, 0.4) is 0 Å². The first-order chi connectivity index (χ1) is 8.56. The summed E-state index contributed by atoms with van der Waals surface area (Å²) < 4.78 is 13.5.